The van der Waals surface area contributed by atoms with Crippen LogP contribution in [0.25, 0.3) is 0 Å². The molecule has 1 N–H and O–H groups in total. The van der Waals surface area contributed by atoms with E-state index in [-0.39, 0.29) is 29.8 Å². The molecule has 2 fully saturated rings. The predicted octanol–water partition coefficient (Wildman–Crippen LogP) is 2.57. The third kappa shape index (κ3) is 3.78. The van der Waals surface area contributed by atoms with Crippen LogP contribution in [0.3, 0.4) is 0 Å². The largest absolute Gasteiger partial charge is 0.342 e. The minimum Gasteiger partial charge on any atom is -0.342 e. The molecule has 0 aromatic carbocycles. The molecule has 2 amide bonds. The molecule has 1 saturated carbocycles. The van der Waals surface area contributed by atoms with Gasteiger partial charge in [-0.15, -0.1) is 0 Å². The Morgan fingerprint density at radius 2 is 1.86 bits per heavy atom. The summed E-state index contributed by atoms with van der Waals surface area (Å²) in [7, 11) is 0. The van der Waals surface area contributed by atoms with E-state index in [1.807, 2.05) is 18.7 Å². The van der Waals surface area contributed by atoms with Crippen molar-refractivity contribution >= 4 is 11.8 Å². The minimum atomic E-state index is -0.325. The summed E-state index contributed by atoms with van der Waals surface area (Å²) >= 11 is 0. The van der Waals surface area contributed by atoms with Crippen molar-refractivity contribution in [2.45, 2.75) is 71.9 Å². The Labute approximate surface area is 128 Å². The van der Waals surface area contributed by atoms with Crippen molar-refractivity contribution < 1.29 is 9.59 Å². The van der Waals surface area contributed by atoms with Gasteiger partial charge in [-0.1, -0.05) is 47.0 Å². The maximum absolute atomic E-state index is 12.8. The van der Waals surface area contributed by atoms with Crippen LogP contribution in [-0.4, -0.2) is 35.3 Å². The van der Waals surface area contributed by atoms with Crippen LogP contribution in [0.2, 0.25) is 0 Å². The van der Waals surface area contributed by atoms with Crippen LogP contribution < -0.4 is 5.32 Å². The van der Waals surface area contributed by atoms with E-state index in [4.69, 9.17) is 0 Å². The van der Waals surface area contributed by atoms with Crippen molar-refractivity contribution in [1.29, 1.82) is 0 Å². The molecule has 2 atom stereocenters. The normalized spacial score (nSPS) is 27.2. The molecule has 1 heterocycles. The minimum absolute atomic E-state index is 0.0314. The SMILES string of the molecule is CC(C)CC1NC(=O)C(C(C)C)N(CCC2CCC2)C1=O. The quantitative estimate of drug-likeness (QED) is 0.818. The number of nitrogens with one attached hydrogen (secondary N) is 1. The Morgan fingerprint density at radius 1 is 1.19 bits per heavy atom. The van der Waals surface area contributed by atoms with Crippen LogP contribution >= 0.6 is 0 Å². The Morgan fingerprint density at radius 3 is 2.33 bits per heavy atom. The van der Waals surface area contributed by atoms with Crippen LogP contribution in [0.1, 0.15) is 59.8 Å². The van der Waals surface area contributed by atoms with Gasteiger partial charge in [-0.05, 0) is 30.6 Å². The molecule has 2 rings (SSSR count). The van der Waals surface area contributed by atoms with Gasteiger partial charge in [0.25, 0.3) is 0 Å². The monoisotopic (exact) mass is 294 g/mol. The zero-order chi connectivity index (χ0) is 15.6. The van der Waals surface area contributed by atoms with Gasteiger partial charge in [-0.3, -0.25) is 9.59 Å². The van der Waals surface area contributed by atoms with Crippen molar-refractivity contribution in [3.05, 3.63) is 0 Å². The summed E-state index contributed by atoms with van der Waals surface area (Å²) in [6.45, 7) is 8.97. The van der Waals surface area contributed by atoms with Gasteiger partial charge >= 0.3 is 0 Å². The number of nitrogens with zero attached hydrogens (tertiary/aromatic N) is 1. The topological polar surface area (TPSA) is 49.4 Å². The van der Waals surface area contributed by atoms with E-state index in [9.17, 15) is 9.59 Å². The first-order valence-electron chi connectivity index (χ1n) is 8.51. The van der Waals surface area contributed by atoms with E-state index in [1.165, 1.54) is 19.3 Å². The molecule has 0 aromatic heterocycles. The maximum Gasteiger partial charge on any atom is 0.245 e. The number of amides is 2. The van der Waals surface area contributed by atoms with E-state index in [1.54, 1.807) is 0 Å². The van der Waals surface area contributed by atoms with E-state index in [2.05, 4.69) is 19.2 Å². The second-order valence-electron chi connectivity index (χ2n) is 7.50. The first kappa shape index (κ1) is 16.3. The summed E-state index contributed by atoms with van der Waals surface area (Å²) in [6.07, 6.45) is 5.68. The van der Waals surface area contributed by atoms with Crippen LogP contribution in [0.15, 0.2) is 0 Å². The smallest absolute Gasteiger partial charge is 0.245 e. The zero-order valence-electron chi connectivity index (χ0n) is 13.9. The lowest BCUT2D eigenvalue weighted by Crippen LogP contribution is -2.65. The Bertz CT molecular complexity index is 388. The molecule has 120 valence electrons. The average Bonchev–Trinajstić information content (AvgIpc) is 2.31. The van der Waals surface area contributed by atoms with E-state index in [0.29, 0.717) is 5.92 Å². The molecule has 0 bridgehead atoms. The molecule has 1 aliphatic carbocycles. The Kier molecular flexibility index (Phi) is 5.28. The second kappa shape index (κ2) is 6.80. The summed E-state index contributed by atoms with van der Waals surface area (Å²) in [5.74, 6) is 1.49. The molecule has 0 radical (unpaired) electrons. The lowest BCUT2D eigenvalue weighted by Gasteiger charge is -2.42. The van der Waals surface area contributed by atoms with Crippen molar-refractivity contribution in [1.82, 2.24) is 10.2 Å². The predicted molar refractivity (Wildman–Crippen MR) is 83.7 cm³/mol. The zero-order valence-corrected chi connectivity index (χ0v) is 13.9. The van der Waals surface area contributed by atoms with Gasteiger partial charge in [0, 0.05) is 6.54 Å². The highest BCUT2D eigenvalue weighted by molar-refractivity contribution is 5.97. The summed E-state index contributed by atoms with van der Waals surface area (Å²) < 4.78 is 0. The van der Waals surface area contributed by atoms with Crippen molar-refractivity contribution in [3.8, 4) is 0 Å². The van der Waals surface area contributed by atoms with Gasteiger partial charge in [0.05, 0.1) is 0 Å². The fourth-order valence-electron chi connectivity index (χ4n) is 3.44. The van der Waals surface area contributed by atoms with E-state index >= 15 is 0 Å². The molecule has 4 heteroatoms. The molecule has 21 heavy (non-hydrogen) atoms. The lowest BCUT2D eigenvalue weighted by atomic mass is 9.82. The molecule has 1 aliphatic heterocycles. The van der Waals surface area contributed by atoms with Gasteiger partial charge in [0.15, 0.2) is 0 Å². The van der Waals surface area contributed by atoms with E-state index in [0.717, 1.165) is 25.3 Å². The van der Waals surface area contributed by atoms with E-state index < -0.39 is 0 Å². The molecule has 4 nitrogen and oxygen atoms in total. The Balaban J connectivity index is 2.07. The third-order valence-electron chi connectivity index (χ3n) is 4.84. The number of carbonyl (C=O) groups is 2. The van der Waals surface area contributed by atoms with Gasteiger partial charge in [-0.2, -0.15) is 0 Å². The van der Waals surface area contributed by atoms with Crippen molar-refractivity contribution in [3.63, 3.8) is 0 Å². The number of carbonyl (C=O) groups excluding carboxylic acids is 2. The standard InChI is InChI=1S/C17H30N2O2/c1-11(2)10-14-17(21)19(9-8-13-6-5-7-13)15(12(3)4)16(20)18-14/h11-15H,5-10H2,1-4H3,(H,18,20). The van der Waals surface area contributed by atoms with Gasteiger partial charge in [0.2, 0.25) is 11.8 Å². The molecular formula is C17H30N2O2. The average molecular weight is 294 g/mol. The fourth-order valence-corrected chi connectivity index (χ4v) is 3.44. The first-order valence-corrected chi connectivity index (χ1v) is 8.51. The first-order chi connectivity index (χ1) is 9.90. The summed E-state index contributed by atoms with van der Waals surface area (Å²) in [6, 6.07) is -0.616. The highest BCUT2D eigenvalue weighted by Gasteiger charge is 2.41. The third-order valence-corrected chi connectivity index (χ3v) is 4.84. The molecule has 2 aliphatic rings. The van der Waals surface area contributed by atoms with Gasteiger partial charge in [-0.25, -0.2) is 0 Å². The highest BCUT2D eigenvalue weighted by Crippen LogP contribution is 2.30. The summed E-state index contributed by atoms with van der Waals surface area (Å²) in [5.41, 5.74) is 0. The molecule has 2 unspecified atom stereocenters. The second-order valence-corrected chi connectivity index (χ2v) is 7.50. The Hall–Kier alpha value is -1.06. The maximum atomic E-state index is 12.8. The number of piperazine rings is 1. The van der Waals surface area contributed by atoms with Crippen LogP contribution in [0.5, 0.6) is 0 Å². The number of hydrogen-bond donors (Lipinski definition) is 1. The summed E-state index contributed by atoms with van der Waals surface area (Å²) in [4.78, 5) is 27.0. The number of hydrogen-bond acceptors (Lipinski definition) is 2. The van der Waals surface area contributed by atoms with Crippen LogP contribution in [-0.2, 0) is 9.59 Å². The van der Waals surface area contributed by atoms with Crippen LogP contribution in [0.4, 0.5) is 0 Å². The van der Waals surface area contributed by atoms with Crippen molar-refractivity contribution in [2.24, 2.45) is 17.8 Å². The molecule has 0 spiro atoms. The molecule has 1 saturated heterocycles. The highest BCUT2D eigenvalue weighted by atomic mass is 16.2. The lowest BCUT2D eigenvalue weighted by molar-refractivity contribution is -0.152. The van der Waals surface area contributed by atoms with Crippen molar-refractivity contribution in [2.75, 3.05) is 6.54 Å². The molecular weight excluding hydrogens is 264 g/mol. The van der Waals surface area contributed by atoms with Gasteiger partial charge in [0.1, 0.15) is 12.1 Å². The summed E-state index contributed by atoms with van der Waals surface area (Å²) in [5, 5.41) is 2.94. The van der Waals surface area contributed by atoms with Crippen LogP contribution in [0, 0.1) is 17.8 Å². The fraction of sp³-hybridized carbons (Fsp3) is 0.882. The number of rotatable bonds is 6. The molecule has 0 aromatic rings. The van der Waals surface area contributed by atoms with Gasteiger partial charge < -0.3 is 10.2 Å².